The van der Waals surface area contributed by atoms with E-state index >= 15 is 0 Å². The molecule has 82 valence electrons. The second kappa shape index (κ2) is 7.28. The predicted octanol–water partition coefficient (Wildman–Crippen LogP) is -1.66. The molecule has 1 atom stereocenters. The fourth-order valence-electron chi connectivity index (χ4n) is 0.782. The lowest BCUT2D eigenvalue weighted by molar-refractivity contribution is -0.142. The van der Waals surface area contributed by atoms with Gasteiger partial charge in [0.2, 0.25) is 5.91 Å². The molecule has 5 N–H and O–H groups in total. The number of esters is 1. The van der Waals surface area contributed by atoms with Crippen LogP contribution in [0.3, 0.4) is 0 Å². The summed E-state index contributed by atoms with van der Waals surface area (Å²) in [6.07, 6.45) is 0.263. The lowest BCUT2D eigenvalue weighted by Gasteiger charge is -2.08. The minimum absolute atomic E-state index is 0.263. The van der Waals surface area contributed by atoms with E-state index in [-0.39, 0.29) is 18.9 Å². The fraction of sp³-hybridized carbons (Fsp3) is 0.750. The Morgan fingerprint density at radius 2 is 2.14 bits per heavy atom. The number of primary amides is 1. The Morgan fingerprint density at radius 1 is 1.50 bits per heavy atom. The number of rotatable bonds is 7. The Bertz CT molecular complexity index is 196. The highest BCUT2D eigenvalue weighted by Gasteiger charge is 2.08. The van der Waals surface area contributed by atoms with Crippen LogP contribution in [0.25, 0.3) is 0 Å². The van der Waals surface area contributed by atoms with Crippen molar-refractivity contribution in [1.82, 2.24) is 5.32 Å². The van der Waals surface area contributed by atoms with E-state index in [0.29, 0.717) is 13.2 Å². The zero-order valence-corrected chi connectivity index (χ0v) is 8.29. The van der Waals surface area contributed by atoms with E-state index in [0.717, 1.165) is 0 Å². The first-order valence-corrected chi connectivity index (χ1v) is 4.49. The second-order valence-corrected chi connectivity index (χ2v) is 2.77. The average molecular weight is 203 g/mol. The van der Waals surface area contributed by atoms with Crippen LogP contribution >= 0.6 is 0 Å². The van der Waals surface area contributed by atoms with Crippen molar-refractivity contribution in [2.24, 2.45) is 11.5 Å². The molecule has 6 nitrogen and oxygen atoms in total. The highest BCUT2D eigenvalue weighted by molar-refractivity contribution is 5.79. The van der Waals surface area contributed by atoms with Crippen molar-refractivity contribution in [2.75, 3.05) is 19.7 Å². The lowest BCUT2D eigenvalue weighted by Crippen LogP contribution is -2.44. The summed E-state index contributed by atoms with van der Waals surface area (Å²) in [6.45, 7) is 2.82. The molecule has 0 aromatic rings. The fourth-order valence-corrected chi connectivity index (χ4v) is 0.782. The summed E-state index contributed by atoms with van der Waals surface area (Å²) in [5.74, 6) is -0.832. The third-order valence-corrected chi connectivity index (χ3v) is 1.54. The van der Waals surface area contributed by atoms with Crippen LogP contribution in [0, 0.1) is 0 Å². The molecule has 14 heavy (non-hydrogen) atoms. The number of hydrogen-bond donors (Lipinski definition) is 3. The third-order valence-electron chi connectivity index (χ3n) is 1.54. The average Bonchev–Trinajstić information content (AvgIpc) is 2.12. The molecule has 0 bridgehead atoms. The van der Waals surface area contributed by atoms with Crippen molar-refractivity contribution in [3.8, 4) is 0 Å². The normalized spacial score (nSPS) is 12.1. The maximum absolute atomic E-state index is 10.8. The molecular formula is C8H17N3O3. The van der Waals surface area contributed by atoms with Crippen LogP contribution in [0.15, 0.2) is 0 Å². The van der Waals surface area contributed by atoms with Crippen LogP contribution in [-0.2, 0) is 14.3 Å². The van der Waals surface area contributed by atoms with Crippen LogP contribution in [0.1, 0.15) is 13.3 Å². The maximum Gasteiger partial charge on any atom is 0.307 e. The monoisotopic (exact) mass is 203 g/mol. The first-order chi connectivity index (χ1) is 6.57. The first kappa shape index (κ1) is 12.9. The first-order valence-electron chi connectivity index (χ1n) is 4.49. The van der Waals surface area contributed by atoms with Gasteiger partial charge in [-0.05, 0) is 6.92 Å². The Balaban J connectivity index is 3.37. The molecule has 0 saturated carbocycles. The predicted molar refractivity (Wildman–Crippen MR) is 51.3 cm³/mol. The van der Waals surface area contributed by atoms with Crippen molar-refractivity contribution in [1.29, 1.82) is 0 Å². The van der Waals surface area contributed by atoms with E-state index < -0.39 is 11.9 Å². The summed E-state index contributed by atoms with van der Waals surface area (Å²) in [4.78, 5) is 21.3. The summed E-state index contributed by atoms with van der Waals surface area (Å²) >= 11 is 0. The number of amides is 1. The third kappa shape index (κ3) is 6.38. The van der Waals surface area contributed by atoms with Gasteiger partial charge in [-0.15, -0.1) is 0 Å². The number of hydrogen-bond acceptors (Lipinski definition) is 5. The summed E-state index contributed by atoms with van der Waals surface area (Å²) in [5.41, 5.74) is 10.3. The van der Waals surface area contributed by atoms with E-state index in [4.69, 9.17) is 16.2 Å². The minimum Gasteiger partial charge on any atom is -0.466 e. The van der Waals surface area contributed by atoms with Crippen molar-refractivity contribution in [3.63, 3.8) is 0 Å². The molecule has 0 aromatic carbocycles. The highest BCUT2D eigenvalue weighted by Crippen LogP contribution is 1.84. The van der Waals surface area contributed by atoms with Gasteiger partial charge < -0.3 is 21.5 Å². The Hall–Kier alpha value is -1.14. The van der Waals surface area contributed by atoms with Gasteiger partial charge in [0.05, 0.1) is 19.1 Å². The lowest BCUT2D eigenvalue weighted by atomic mass is 10.3. The molecule has 0 aliphatic carbocycles. The van der Waals surface area contributed by atoms with Crippen molar-refractivity contribution < 1.29 is 14.3 Å². The molecule has 0 aliphatic rings. The van der Waals surface area contributed by atoms with Crippen molar-refractivity contribution in [2.45, 2.75) is 19.4 Å². The Kier molecular flexibility index (Phi) is 6.69. The number of ether oxygens (including phenoxy) is 1. The number of nitrogens with one attached hydrogen (secondary N) is 1. The summed E-state index contributed by atoms with van der Waals surface area (Å²) < 4.78 is 4.69. The van der Waals surface area contributed by atoms with Gasteiger partial charge in [-0.3, -0.25) is 9.59 Å². The van der Waals surface area contributed by atoms with Gasteiger partial charge in [-0.2, -0.15) is 0 Å². The Labute approximate surface area is 83.0 Å². The largest absolute Gasteiger partial charge is 0.466 e. The zero-order valence-electron chi connectivity index (χ0n) is 8.29. The summed E-state index contributed by atoms with van der Waals surface area (Å²) in [5, 5.41) is 2.83. The molecule has 0 saturated heterocycles. The van der Waals surface area contributed by atoms with Gasteiger partial charge >= 0.3 is 5.97 Å². The molecule has 0 fully saturated rings. The summed E-state index contributed by atoms with van der Waals surface area (Å²) in [7, 11) is 0. The van der Waals surface area contributed by atoms with Crippen LogP contribution in [0.4, 0.5) is 0 Å². The molecule has 0 aromatic heterocycles. The molecule has 0 rings (SSSR count). The van der Waals surface area contributed by atoms with Crippen molar-refractivity contribution in [3.05, 3.63) is 0 Å². The molecule has 1 unspecified atom stereocenters. The van der Waals surface area contributed by atoms with E-state index in [1.807, 2.05) is 0 Å². The molecule has 0 aliphatic heterocycles. The van der Waals surface area contributed by atoms with Gasteiger partial charge in [-0.1, -0.05) is 0 Å². The molecule has 0 radical (unpaired) electrons. The second-order valence-electron chi connectivity index (χ2n) is 2.77. The number of carbonyl (C=O) groups excluding carboxylic acids is 2. The standard InChI is InChI=1S/C8H17N3O3/c1-2-14-7(12)3-4-11-5-6(9)8(10)13/h6,11H,2-5,9H2,1H3,(H2,10,13). The summed E-state index contributed by atoms with van der Waals surface area (Å²) in [6, 6.07) is -0.711. The molecule has 6 heteroatoms. The molecule has 1 amide bonds. The topological polar surface area (TPSA) is 107 Å². The maximum atomic E-state index is 10.8. The number of nitrogens with two attached hydrogens (primary N) is 2. The van der Waals surface area contributed by atoms with Gasteiger partial charge in [0.25, 0.3) is 0 Å². The van der Waals surface area contributed by atoms with Crippen LogP contribution in [0.2, 0.25) is 0 Å². The van der Waals surface area contributed by atoms with Gasteiger partial charge in [0, 0.05) is 13.1 Å². The van der Waals surface area contributed by atoms with E-state index in [1.165, 1.54) is 0 Å². The molecule has 0 spiro atoms. The molecule has 0 heterocycles. The highest BCUT2D eigenvalue weighted by atomic mass is 16.5. The van der Waals surface area contributed by atoms with E-state index in [2.05, 4.69) is 5.32 Å². The molecular weight excluding hydrogens is 186 g/mol. The quantitative estimate of drug-likeness (QED) is 0.339. The van der Waals surface area contributed by atoms with Crippen molar-refractivity contribution >= 4 is 11.9 Å². The van der Waals surface area contributed by atoms with Crippen LogP contribution < -0.4 is 16.8 Å². The smallest absolute Gasteiger partial charge is 0.307 e. The van der Waals surface area contributed by atoms with Crippen LogP contribution in [0.5, 0.6) is 0 Å². The number of carbonyl (C=O) groups is 2. The van der Waals surface area contributed by atoms with Crippen LogP contribution in [-0.4, -0.2) is 37.6 Å². The van der Waals surface area contributed by atoms with E-state index in [9.17, 15) is 9.59 Å². The van der Waals surface area contributed by atoms with E-state index in [1.54, 1.807) is 6.92 Å². The van der Waals surface area contributed by atoms with Gasteiger partial charge in [0.1, 0.15) is 0 Å². The SMILES string of the molecule is CCOC(=O)CCNCC(N)C(N)=O. The zero-order chi connectivity index (χ0) is 11.0. The Morgan fingerprint density at radius 3 is 2.64 bits per heavy atom. The minimum atomic E-state index is -0.711. The van der Waals surface area contributed by atoms with Gasteiger partial charge in [0.15, 0.2) is 0 Å². The van der Waals surface area contributed by atoms with Gasteiger partial charge in [-0.25, -0.2) is 0 Å².